The van der Waals surface area contributed by atoms with Crippen LogP contribution in [0.1, 0.15) is 0 Å². The SMILES string of the molecule is c1ccc(-c2nc(-c3ccc(-c4ccc(-n5c6ccccc6c6cc7ccccc7cc65)cc4)cc3)nc(-c3nccc4oc5ccccc5c34)n2)cc1. The smallest absolute Gasteiger partial charge is 0.183 e. The van der Waals surface area contributed by atoms with Crippen LogP contribution in [0.3, 0.4) is 0 Å². The van der Waals surface area contributed by atoms with Crippen LogP contribution in [-0.2, 0) is 0 Å². The third-order valence-electron chi connectivity index (χ3n) is 10.3. The van der Waals surface area contributed by atoms with Crippen LogP contribution in [0.5, 0.6) is 0 Å². The molecule has 252 valence electrons. The molecule has 0 saturated carbocycles. The van der Waals surface area contributed by atoms with Gasteiger partial charge in [-0.3, -0.25) is 4.98 Å². The molecular formula is C48H29N5O. The van der Waals surface area contributed by atoms with Gasteiger partial charge < -0.3 is 8.98 Å². The van der Waals surface area contributed by atoms with Crippen molar-refractivity contribution in [1.29, 1.82) is 0 Å². The molecule has 0 spiro atoms. The van der Waals surface area contributed by atoms with E-state index in [0.717, 1.165) is 49.9 Å². The normalized spacial score (nSPS) is 11.7. The Hall–Kier alpha value is -7.44. The van der Waals surface area contributed by atoms with Crippen LogP contribution >= 0.6 is 0 Å². The summed E-state index contributed by atoms with van der Waals surface area (Å²) < 4.78 is 8.54. The maximum Gasteiger partial charge on any atom is 0.183 e. The Balaban J connectivity index is 0.983. The molecule has 0 atom stereocenters. The minimum atomic E-state index is 0.494. The zero-order valence-electron chi connectivity index (χ0n) is 28.9. The molecule has 0 aliphatic carbocycles. The van der Waals surface area contributed by atoms with Gasteiger partial charge in [0.1, 0.15) is 16.9 Å². The lowest BCUT2D eigenvalue weighted by atomic mass is 10.0. The molecule has 0 fully saturated rings. The molecule has 7 aromatic carbocycles. The molecule has 6 heteroatoms. The second-order valence-electron chi connectivity index (χ2n) is 13.5. The van der Waals surface area contributed by atoms with E-state index in [1.165, 1.54) is 32.6 Å². The number of furan rings is 1. The van der Waals surface area contributed by atoms with Gasteiger partial charge in [-0.15, -0.1) is 0 Å². The lowest BCUT2D eigenvalue weighted by Gasteiger charge is -2.11. The van der Waals surface area contributed by atoms with E-state index in [1.807, 2.05) is 60.7 Å². The third kappa shape index (κ3) is 4.89. The van der Waals surface area contributed by atoms with Gasteiger partial charge in [0.15, 0.2) is 17.5 Å². The van der Waals surface area contributed by atoms with Crippen LogP contribution in [0.25, 0.3) is 106 Å². The predicted octanol–water partition coefficient (Wildman–Crippen LogP) is 12.1. The number of para-hydroxylation sites is 2. The predicted molar refractivity (Wildman–Crippen MR) is 218 cm³/mol. The number of fused-ring (bicyclic) bond motifs is 7. The van der Waals surface area contributed by atoms with Gasteiger partial charge in [0.05, 0.1) is 16.4 Å². The van der Waals surface area contributed by atoms with E-state index in [0.29, 0.717) is 23.2 Å². The summed E-state index contributed by atoms with van der Waals surface area (Å²) in [4.78, 5) is 19.7. The minimum Gasteiger partial charge on any atom is -0.456 e. The summed E-state index contributed by atoms with van der Waals surface area (Å²) in [6.07, 6.45) is 1.75. The fourth-order valence-corrected chi connectivity index (χ4v) is 7.71. The molecule has 0 aliphatic rings. The monoisotopic (exact) mass is 691 g/mol. The first-order chi connectivity index (χ1) is 26.7. The van der Waals surface area contributed by atoms with Crippen molar-refractivity contribution in [3.63, 3.8) is 0 Å². The second kappa shape index (κ2) is 12.1. The maximum absolute atomic E-state index is 6.17. The van der Waals surface area contributed by atoms with Crippen LogP contribution < -0.4 is 0 Å². The minimum absolute atomic E-state index is 0.494. The second-order valence-corrected chi connectivity index (χ2v) is 13.5. The molecule has 4 aromatic heterocycles. The number of benzene rings is 7. The topological polar surface area (TPSA) is 69.6 Å². The van der Waals surface area contributed by atoms with Gasteiger partial charge in [-0.2, -0.15) is 0 Å². The van der Waals surface area contributed by atoms with Crippen LogP contribution in [0.4, 0.5) is 0 Å². The van der Waals surface area contributed by atoms with Gasteiger partial charge in [0.2, 0.25) is 0 Å². The van der Waals surface area contributed by atoms with E-state index >= 15 is 0 Å². The number of rotatable bonds is 5. The summed E-state index contributed by atoms with van der Waals surface area (Å²) >= 11 is 0. The van der Waals surface area contributed by atoms with E-state index in [9.17, 15) is 0 Å². The summed E-state index contributed by atoms with van der Waals surface area (Å²) in [7, 11) is 0. The van der Waals surface area contributed by atoms with Gasteiger partial charge in [-0.1, -0.05) is 127 Å². The lowest BCUT2D eigenvalue weighted by Crippen LogP contribution is -2.01. The average Bonchev–Trinajstić information content (AvgIpc) is 3.78. The first-order valence-electron chi connectivity index (χ1n) is 18.0. The highest BCUT2D eigenvalue weighted by atomic mass is 16.3. The van der Waals surface area contributed by atoms with Crippen molar-refractivity contribution in [2.45, 2.75) is 0 Å². The number of nitrogens with zero attached hydrogens (tertiary/aromatic N) is 5. The summed E-state index contributed by atoms with van der Waals surface area (Å²) in [5, 5.41) is 6.84. The zero-order chi connectivity index (χ0) is 35.6. The molecule has 0 saturated heterocycles. The van der Waals surface area contributed by atoms with Gasteiger partial charge in [-0.25, -0.2) is 15.0 Å². The van der Waals surface area contributed by atoms with Crippen LogP contribution in [0.2, 0.25) is 0 Å². The molecule has 54 heavy (non-hydrogen) atoms. The van der Waals surface area contributed by atoms with E-state index in [-0.39, 0.29) is 0 Å². The molecule has 11 rings (SSSR count). The van der Waals surface area contributed by atoms with E-state index in [4.69, 9.17) is 24.4 Å². The Bertz CT molecular complexity index is 3200. The van der Waals surface area contributed by atoms with Crippen LogP contribution in [0, 0.1) is 0 Å². The fraction of sp³-hybridized carbons (Fsp3) is 0. The van der Waals surface area contributed by atoms with Crippen molar-refractivity contribution in [2.24, 2.45) is 0 Å². The Morgan fingerprint density at radius 1 is 0.407 bits per heavy atom. The van der Waals surface area contributed by atoms with Gasteiger partial charge in [0.25, 0.3) is 0 Å². The van der Waals surface area contributed by atoms with Gasteiger partial charge in [-0.05, 0) is 64.4 Å². The van der Waals surface area contributed by atoms with Crippen LogP contribution in [-0.4, -0.2) is 24.5 Å². The van der Waals surface area contributed by atoms with Crippen molar-refractivity contribution in [1.82, 2.24) is 24.5 Å². The molecule has 6 nitrogen and oxygen atoms in total. The first-order valence-corrected chi connectivity index (χ1v) is 18.0. The highest BCUT2D eigenvalue weighted by molar-refractivity contribution is 6.14. The van der Waals surface area contributed by atoms with E-state index < -0.39 is 0 Å². The fourth-order valence-electron chi connectivity index (χ4n) is 7.71. The number of pyridine rings is 1. The molecular weight excluding hydrogens is 663 g/mol. The Labute approximate surface area is 309 Å². The Kier molecular flexibility index (Phi) is 6.75. The van der Waals surface area contributed by atoms with E-state index in [1.54, 1.807) is 6.20 Å². The van der Waals surface area contributed by atoms with Crippen molar-refractivity contribution < 1.29 is 4.42 Å². The number of hydrogen-bond donors (Lipinski definition) is 0. The van der Waals surface area contributed by atoms with Crippen molar-refractivity contribution in [3.8, 4) is 51.1 Å². The Morgan fingerprint density at radius 2 is 1.00 bits per heavy atom. The van der Waals surface area contributed by atoms with Gasteiger partial charge in [0, 0.05) is 39.2 Å². The van der Waals surface area contributed by atoms with E-state index in [2.05, 4.69) is 114 Å². The highest BCUT2D eigenvalue weighted by Gasteiger charge is 2.19. The molecule has 0 N–H and O–H groups in total. The summed E-state index contributed by atoms with van der Waals surface area (Å²) in [6, 6.07) is 58.9. The largest absolute Gasteiger partial charge is 0.456 e. The highest BCUT2D eigenvalue weighted by Crippen LogP contribution is 2.37. The van der Waals surface area contributed by atoms with Crippen molar-refractivity contribution >= 4 is 54.5 Å². The number of aromatic nitrogens is 5. The van der Waals surface area contributed by atoms with Crippen molar-refractivity contribution in [3.05, 3.63) is 176 Å². The lowest BCUT2D eigenvalue weighted by molar-refractivity contribution is 0.668. The summed E-state index contributed by atoms with van der Waals surface area (Å²) in [5.41, 5.74) is 9.73. The van der Waals surface area contributed by atoms with Crippen LogP contribution in [0.15, 0.2) is 180 Å². The molecule has 0 unspecified atom stereocenters. The average molecular weight is 692 g/mol. The zero-order valence-corrected chi connectivity index (χ0v) is 28.9. The standard InChI is InChI=1S/C48H29N5O/c1-2-10-32(11-3-1)46-50-47(52-48(51-46)45-44-38-15-7-9-17-42(38)54-43(44)26-27-49-45)33-20-18-30(19-21-33)31-22-24-36(25-23-31)53-40-16-8-6-14-37(40)39-28-34-12-4-5-13-35(34)29-41(39)53/h1-29H. The molecule has 0 radical (unpaired) electrons. The first kappa shape index (κ1) is 30.2. The van der Waals surface area contributed by atoms with Gasteiger partial charge >= 0.3 is 0 Å². The maximum atomic E-state index is 6.17. The number of hydrogen-bond acceptors (Lipinski definition) is 5. The molecule has 0 amide bonds. The third-order valence-corrected chi connectivity index (χ3v) is 10.3. The summed E-state index contributed by atoms with van der Waals surface area (Å²) in [5.74, 6) is 1.65. The Morgan fingerprint density at radius 3 is 1.78 bits per heavy atom. The molecule has 11 aromatic rings. The quantitative estimate of drug-likeness (QED) is 0.180. The molecule has 0 bridgehead atoms. The molecule has 4 heterocycles. The van der Waals surface area contributed by atoms with Crippen molar-refractivity contribution in [2.75, 3.05) is 0 Å². The summed E-state index contributed by atoms with van der Waals surface area (Å²) in [6.45, 7) is 0. The molecule has 0 aliphatic heterocycles.